The number of hydrogen-bond donors (Lipinski definition) is 3. The van der Waals surface area contributed by atoms with Crippen LogP contribution in [-0.4, -0.2) is 16.8 Å². The zero-order valence-corrected chi connectivity index (χ0v) is 9.92. The van der Waals surface area contributed by atoms with Crippen molar-refractivity contribution in [1.29, 1.82) is 0 Å². The zero-order chi connectivity index (χ0) is 12.5. The number of halogens is 2. The molecular formula is C11H15ClFNO2. The van der Waals surface area contributed by atoms with Crippen molar-refractivity contribution in [3.8, 4) is 5.75 Å². The van der Waals surface area contributed by atoms with Gasteiger partial charge < -0.3 is 15.9 Å². The first-order valence-corrected chi connectivity index (χ1v) is 5.21. The Balaban J connectivity index is 3.23. The lowest BCUT2D eigenvalue weighted by Crippen LogP contribution is -2.32. The molecule has 0 aromatic heterocycles. The van der Waals surface area contributed by atoms with Crippen molar-refractivity contribution in [2.24, 2.45) is 11.1 Å². The molecule has 0 spiro atoms. The van der Waals surface area contributed by atoms with Crippen LogP contribution in [0.25, 0.3) is 0 Å². The fourth-order valence-electron chi connectivity index (χ4n) is 1.34. The van der Waals surface area contributed by atoms with E-state index in [2.05, 4.69) is 0 Å². The number of aliphatic hydroxyl groups is 1. The van der Waals surface area contributed by atoms with Crippen LogP contribution in [0.4, 0.5) is 4.39 Å². The van der Waals surface area contributed by atoms with E-state index < -0.39 is 23.0 Å². The van der Waals surface area contributed by atoms with Crippen molar-refractivity contribution >= 4 is 11.6 Å². The van der Waals surface area contributed by atoms with Crippen molar-refractivity contribution in [3.05, 3.63) is 28.5 Å². The zero-order valence-electron chi connectivity index (χ0n) is 9.17. The topological polar surface area (TPSA) is 66.5 Å². The van der Waals surface area contributed by atoms with Gasteiger partial charge in [-0.05, 0) is 12.1 Å². The largest absolute Gasteiger partial charge is 0.505 e. The van der Waals surface area contributed by atoms with Crippen molar-refractivity contribution in [3.63, 3.8) is 0 Å². The smallest absolute Gasteiger partial charge is 0.166 e. The van der Waals surface area contributed by atoms with Gasteiger partial charge in [-0.3, -0.25) is 0 Å². The summed E-state index contributed by atoms with van der Waals surface area (Å²) in [5.74, 6) is -1.33. The van der Waals surface area contributed by atoms with Gasteiger partial charge in [-0.25, -0.2) is 4.39 Å². The normalized spacial score (nSPS) is 13.9. The van der Waals surface area contributed by atoms with Gasteiger partial charge in [0, 0.05) is 28.6 Å². The number of phenolic OH excluding ortho intramolecular Hbond substituents is 1. The summed E-state index contributed by atoms with van der Waals surface area (Å²) in [5, 5.41) is 18.9. The van der Waals surface area contributed by atoms with Gasteiger partial charge in [-0.15, -0.1) is 0 Å². The van der Waals surface area contributed by atoms with E-state index in [1.165, 1.54) is 6.07 Å². The highest BCUT2D eigenvalue weighted by Gasteiger charge is 2.30. The monoisotopic (exact) mass is 247 g/mol. The molecule has 0 aliphatic carbocycles. The minimum atomic E-state index is -0.813. The Morgan fingerprint density at radius 2 is 2.06 bits per heavy atom. The average molecular weight is 248 g/mol. The number of benzene rings is 1. The summed E-state index contributed by atoms with van der Waals surface area (Å²) in [5.41, 5.74) is 5.40. The first kappa shape index (κ1) is 13.2. The molecule has 0 aliphatic heterocycles. The lowest BCUT2D eigenvalue weighted by molar-refractivity contribution is 0.131. The fraction of sp³-hybridized carbons (Fsp3) is 0.455. The second kappa shape index (κ2) is 4.57. The predicted octanol–water partition coefficient (Wildman–Crippen LogP) is 2.20. The van der Waals surface area contributed by atoms with Crippen LogP contribution in [0.2, 0.25) is 5.02 Å². The van der Waals surface area contributed by atoms with Crippen LogP contribution >= 0.6 is 11.6 Å². The summed E-state index contributed by atoms with van der Waals surface area (Å²) < 4.78 is 13.2. The number of rotatable bonds is 3. The maximum Gasteiger partial charge on any atom is 0.166 e. The van der Waals surface area contributed by atoms with E-state index in [4.69, 9.17) is 22.4 Å². The third-order valence-electron chi connectivity index (χ3n) is 2.64. The molecule has 16 heavy (non-hydrogen) atoms. The second-order valence-electron chi connectivity index (χ2n) is 4.45. The molecule has 4 N–H and O–H groups in total. The molecular weight excluding hydrogens is 233 g/mol. The molecule has 0 bridgehead atoms. The van der Waals surface area contributed by atoms with Crippen LogP contribution in [0.15, 0.2) is 12.1 Å². The summed E-state index contributed by atoms with van der Waals surface area (Å²) in [6.45, 7) is 3.26. The molecule has 0 unspecified atom stereocenters. The Hall–Kier alpha value is -0.840. The lowest BCUT2D eigenvalue weighted by atomic mass is 9.81. The minimum Gasteiger partial charge on any atom is -0.505 e. The molecule has 0 aliphatic rings. The molecule has 1 rings (SSSR count). The minimum absolute atomic E-state index is 0.162. The van der Waals surface area contributed by atoms with Crippen molar-refractivity contribution in [2.75, 3.05) is 6.61 Å². The molecule has 0 radical (unpaired) electrons. The highest BCUT2D eigenvalue weighted by molar-refractivity contribution is 6.30. The van der Waals surface area contributed by atoms with E-state index in [9.17, 15) is 9.50 Å². The van der Waals surface area contributed by atoms with Crippen LogP contribution in [0, 0.1) is 11.2 Å². The van der Waals surface area contributed by atoms with Gasteiger partial charge in [0.05, 0.1) is 0 Å². The maximum absolute atomic E-state index is 13.2. The van der Waals surface area contributed by atoms with Crippen LogP contribution in [-0.2, 0) is 0 Å². The summed E-state index contributed by atoms with van der Waals surface area (Å²) >= 11 is 5.69. The van der Waals surface area contributed by atoms with E-state index in [0.717, 1.165) is 6.07 Å². The summed E-state index contributed by atoms with van der Waals surface area (Å²) in [4.78, 5) is 0. The van der Waals surface area contributed by atoms with Gasteiger partial charge in [0.25, 0.3) is 0 Å². The van der Waals surface area contributed by atoms with Crippen LogP contribution < -0.4 is 5.73 Å². The summed E-state index contributed by atoms with van der Waals surface area (Å²) in [7, 11) is 0. The van der Waals surface area contributed by atoms with Gasteiger partial charge in [-0.1, -0.05) is 25.4 Å². The van der Waals surface area contributed by atoms with Gasteiger partial charge in [0.15, 0.2) is 11.6 Å². The molecule has 0 fully saturated rings. The fourth-order valence-corrected chi connectivity index (χ4v) is 1.56. The molecule has 90 valence electrons. The Morgan fingerprint density at radius 1 is 1.50 bits per heavy atom. The Morgan fingerprint density at radius 3 is 2.56 bits per heavy atom. The molecule has 3 nitrogen and oxygen atoms in total. The van der Waals surface area contributed by atoms with Crippen LogP contribution in [0.3, 0.4) is 0 Å². The Bertz CT molecular complexity index is 396. The molecule has 0 saturated heterocycles. The van der Waals surface area contributed by atoms with Crippen molar-refractivity contribution in [1.82, 2.24) is 0 Å². The summed E-state index contributed by atoms with van der Waals surface area (Å²) in [6.07, 6.45) is 0. The van der Waals surface area contributed by atoms with E-state index in [-0.39, 0.29) is 17.2 Å². The molecule has 1 aromatic carbocycles. The third kappa shape index (κ3) is 2.45. The van der Waals surface area contributed by atoms with Crippen LogP contribution in [0.1, 0.15) is 25.5 Å². The standard InChI is InChI=1S/C11H15ClFNO2/c1-11(2,5-15)10(14)7-3-6(12)4-8(13)9(7)16/h3-4,10,15-16H,5,14H2,1-2H3/t10-/m0/s1. The number of aromatic hydroxyl groups is 1. The maximum atomic E-state index is 13.2. The van der Waals surface area contributed by atoms with E-state index in [1.54, 1.807) is 13.8 Å². The predicted molar refractivity (Wildman–Crippen MR) is 60.9 cm³/mol. The highest BCUT2D eigenvalue weighted by atomic mass is 35.5. The van der Waals surface area contributed by atoms with Crippen molar-refractivity contribution in [2.45, 2.75) is 19.9 Å². The van der Waals surface area contributed by atoms with E-state index in [0.29, 0.717) is 0 Å². The van der Waals surface area contributed by atoms with Gasteiger partial charge in [0.1, 0.15) is 0 Å². The van der Waals surface area contributed by atoms with Crippen LogP contribution in [0.5, 0.6) is 5.75 Å². The highest BCUT2D eigenvalue weighted by Crippen LogP contribution is 2.37. The Labute approximate surface area is 98.7 Å². The molecule has 0 heterocycles. The first-order valence-electron chi connectivity index (χ1n) is 4.84. The van der Waals surface area contributed by atoms with Crippen molar-refractivity contribution < 1.29 is 14.6 Å². The summed E-state index contributed by atoms with van der Waals surface area (Å²) in [6, 6.07) is 1.71. The van der Waals surface area contributed by atoms with E-state index in [1.807, 2.05) is 0 Å². The number of nitrogens with two attached hydrogens (primary N) is 1. The number of aliphatic hydroxyl groups excluding tert-OH is 1. The van der Waals surface area contributed by atoms with E-state index >= 15 is 0 Å². The first-order chi connectivity index (χ1) is 7.29. The molecule has 0 saturated carbocycles. The molecule has 0 amide bonds. The Kier molecular flexibility index (Phi) is 3.78. The molecule has 1 aromatic rings. The average Bonchev–Trinajstić information content (AvgIpc) is 2.22. The van der Waals surface area contributed by atoms with Gasteiger partial charge >= 0.3 is 0 Å². The lowest BCUT2D eigenvalue weighted by Gasteiger charge is -2.30. The molecule has 1 atom stereocenters. The number of hydrogen-bond acceptors (Lipinski definition) is 3. The SMILES string of the molecule is CC(C)(CO)[C@@H](N)c1cc(Cl)cc(F)c1O. The third-order valence-corrected chi connectivity index (χ3v) is 2.86. The molecule has 5 heteroatoms. The quantitative estimate of drug-likeness (QED) is 0.767. The van der Waals surface area contributed by atoms with Gasteiger partial charge in [-0.2, -0.15) is 0 Å². The number of phenols is 1. The van der Waals surface area contributed by atoms with Gasteiger partial charge in [0.2, 0.25) is 0 Å². The second-order valence-corrected chi connectivity index (χ2v) is 4.89.